The molecule has 0 unspecified atom stereocenters. The number of nitrogens with zero attached hydrogens (tertiary/aromatic N) is 1. The minimum absolute atomic E-state index is 0. The van der Waals surface area contributed by atoms with Gasteiger partial charge in [-0.2, -0.15) is 0 Å². The zero-order valence-electron chi connectivity index (χ0n) is 10.2. The van der Waals surface area contributed by atoms with Crippen LogP contribution in [0.25, 0.3) is 0 Å². The molecule has 18 heavy (non-hydrogen) atoms. The second-order valence-electron chi connectivity index (χ2n) is 4.55. The Balaban J connectivity index is 0.00000120. The van der Waals surface area contributed by atoms with Crippen molar-refractivity contribution in [3.05, 3.63) is 59.4 Å². The average molecular weight is 261 g/mol. The van der Waals surface area contributed by atoms with Crippen LogP contribution in [-0.2, 0) is 19.4 Å². The van der Waals surface area contributed by atoms with E-state index in [1.54, 1.807) is 6.20 Å². The quantitative estimate of drug-likeness (QED) is 0.912. The molecule has 1 aromatic heterocycles. The molecule has 0 saturated heterocycles. The van der Waals surface area contributed by atoms with Crippen LogP contribution in [-0.4, -0.2) is 4.98 Å². The Hall–Kier alpha value is -1.54. The molecule has 1 aliphatic rings. The van der Waals surface area contributed by atoms with Crippen molar-refractivity contribution in [1.82, 2.24) is 4.98 Å². The van der Waals surface area contributed by atoms with Crippen LogP contribution >= 0.6 is 12.4 Å². The van der Waals surface area contributed by atoms with Crippen LogP contribution in [0.4, 0.5) is 5.69 Å². The van der Waals surface area contributed by atoms with Crippen molar-refractivity contribution in [3.8, 4) is 0 Å². The molecule has 3 heteroatoms. The molecule has 1 heterocycles. The lowest BCUT2D eigenvalue weighted by Crippen LogP contribution is -2.00. The third-order valence-electron chi connectivity index (χ3n) is 3.32. The molecule has 0 fully saturated rings. The summed E-state index contributed by atoms with van der Waals surface area (Å²) < 4.78 is 0. The molecule has 0 atom stereocenters. The SMILES string of the molecule is Cl.c1cncc(CNc2ccc3c(c2)CCC3)c1. The minimum Gasteiger partial charge on any atom is -0.381 e. The molecule has 0 saturated carbocycles. The monoisotopic (exact) mass is 260 g/mol. The van der Waals surface area contributed by atoms with E-state index in [-0.39, 0.29) is 12.4 Å². The number of benzene rings is 1. The number of aryl methyl sites for hydroxylation is 2. The maximum absolute atomic E-state index is 4.11. The summed E-state index contributed by atoms with van der Waals surface area (Å²) in [5, 5.41) is 3.45. The van der Waals surface area contributed by atoms with Crippen molar-refractivity contribution in [2.75, 3.05) is 5.32 Å². The Morgan fingerprint density at radius 1 is 1.11 bits per heavy atom. The van der Waals surface area contributed by atoms with Gasteiger partial charge in [0.1, 0.15) is 0 Å². The zero-order valence-corrected chi connectivity index (χ0v) is 11.0. The number of fused-ring (bicyclic) bond motifs is 1. The van der Waals surface area contributed by atoms with Gasteiger partial charge in [0.25, 0.3) is 0 Å². The van der Waals surface area contributed by atoms with E-state index in [9.17, 15) is 0 Å². The smallest absolute Gasteiger partial charge is 0.0416 e. The number of hydrogen-bond donors (Lipinski definition) is 1. The first kappa shape index (κ1) is 12.9. The van der Waals surface area contributed by atoms with E-state index in [1.807, 2.05) is 12.3 Å². The normalized spacial score (nSPS) is 12.7. The van der Waals surface area contributed by atoms with Crippen molar-refractivity contribution in [1.29, 1.82) is 0 Å². The van der Waals surface area contributed by atoms with Gasteiger partial charge in [-0.15, -0.1) is 12.4 Å². The second kappa shape index (κ2) is 5.87. The van der Waals surface area contributed by atoms with Crippen molar-refractivity contribution >= 4 is 18.1 Å². The summed E-state index contributed by atoms with van der Waals surface area (Å²) in [5.74, 6) is 0. The highest BCUT2D eigenvalue weighted by Crippen LogP contribution is 2.25. The van der Waals surface area contributed by atoms with Crippen LogP contribution < -0.4 is 5.32 Å². The predicted molar refractivity (Wildman–Crippen MR) is 77.3 cm³/mol. The lowest BCUT2D eigenvalue weighted by molar-refractivity contribution is 0.912. The van der Waals surface area contributed by atoms with E-state index in [0.29, 0.717) is 0 Å². The summed E-state index contributed by atoms with van der Waals surface area (Å²) >= 11 is 0. The first-order valence-corrected chi connectivity index (χ1v) is 6.16. The summed E-state index contributed by atoms with van der Waals surface area (Å²) in [5.41, 5.74) is 5.47. The predicted octanol–water partition coefficient (Wildman–Crippen LogP) is 3.60. The number of anilines is 1. The van der Waals surface area contributed by atoms with Gasteiger partial charge in [0, 0.05) is 24.6 Å². The van der Waals surface area contributed by atoms with Gasteiger partial charge in [0.15, 0.2) is 0 Å². The third kappa shape index (κ3) is 2.82. The molecule has 0 spiro atoms. The molecular weight excluding hydrogens is 244 g/mol. The molecule has 3 rings (SSSR count). The topological polar surface area (TPSA) is 24.9 Å². The van der Waals surface area contributed by atoms with Crippen molar-refractivity contribution in [2.45, 2.75) is 25.8 Å². The van der Waals surface area contributed by atoms with E-state index in [0.717, 1.165) is 6.54 Å². The Morgan fingerprint density at radius 3 is 2.83 bits per heavy atom. The first-order chi connectivity index (χ1) is 8.42. The molecule has 1 aromatic carbocycles. The fraction of sp³-hybridized carbons (Fsp3) is 0.267. The largest absolute Gasteiger partial charge is 0.381 e. The van der Waals surface area contributed by atoms with E-state index >= 15 is 0 Å². The molecule has 2 nitrogen and oxygen atoms in total. The van der Waals surface area contributed by atoms with Crippen molar-refractivity contribution < 1.29 is 0 Å². The molecular formula is C15H17ClN2. The van der Waals surface area contributed by atoms with E-state index in [2.05, 4.69) is 34.6 Å². The van der Waals surface area contributed by atoms with Crippen LogP contribution in [0.3, 0.4) is 0 Å². The van der Waals surface area contributed by atoms with Crippen LogP contribution in [0.2, 0.25) is 0 Å². The maximum atomic E-state index is 4.11. The van der Waals surface area contributed by atoms with Gasteiger partial charge < -0.3 is 5.32 Å². The number of aromatic nitrogens is 1. The lowest BCUT2D eigenvalue weighted by atomic mass is 10.1. The van der Waals surface area contributed by atoms with Gasteiger partial charge in [-0.25, -0.2) is 0 Å². The molecule has 94 valence electrons. The van der Waals surface area contributed by atoms with E-state index in [4.69, 9.17) is 0 Å². The molecule has 1 N–H and O–H groups in total. The summed E-state index contributed by atoms with van der Waals surface area (Å²) in [4.78, 5) is 4.11. The highest BCUT2D eigenvalue weighted by Gasteiger charge is 2.10. The highest BCUT2D eigenvalue weighted by atomic mass is 35.5. The molecule has 0 bridgehead atoms. The van der Waals surface area contributed by atoms with Crippen molar-refractivity contribution in [2.24, 2.45) is 0 Å². The fourth-order valence-corrected chi connectivity index (χ4v) is 2.39. The summed E-state index contributed by atoms with van der Waals surface area (Å²) in [6.45, 7) is 0.840. The fourth-order valence-electron chi connectivity index (χ4n) is 2.39. The number of nitrogens with one attached hydrogen (secondary N) is 1. The Morgan fingerprint density at radius 2 is 2.00 bits per heavy atom. The van der Waals surface area contributed by atoms with Gasteiger partial charge in [-0.05, 0) is 54.2 Å². The van der Waals surface area contributed by atoms with Gasteiger partial charge in [0.05, 0.1) is 0 Å². The lowest BCUT2D eigenvalue weighted by Gasteiger charge is -2.08. The van der Waals surface area contributed by atoms with Gasteiger partial charge in [0.2, 0.25) is 0 Å². The first-order valence-electron chi connectivity index (χ1n) is 6.16. The van der Waals surface area contributed by atoms with Crippen LogP contribution in [0.15, 0.2) is 42.7 Å². The second-order valence-corrected chi connectivity index (χ2v) is 4.55. The van der Waals surface area contributed by atoms with E-state index in [1.165, 1.54) is 41.6 Å². The van der Waals surface area contributed by atoms with Gasteiger partial charge in [-0.1, -0.05) is 12.1 Å². The number of pyridine rings is 1. The van der Waals surface area contributed by atoms with Crippen LogP contribution in [0, 0.1) is 0 Å². The molecule has 0 amide bonds. The van der Waals surface area contributed by atoms with Crippen LogP contribution in [0.1, 0.15) is 23.1 Å². The number of halogens is 1. The Labute approximate surface area is 114 Å². The maximum Gasteiger partial charge on any atom is 0.0416 e. The molecule has 0 aliphatic heterocycles. The molecule has 2 aromatic rings. The number of rotatable bonds is 3. The third-order valence-corrected chi connectivity index (χ3v) is 3.32. The number of hydrogen-bond acceptors (Lipinski definition) is 2. The van der Waals surface area contributed by atoms with Gasteiger partial charge in [-0.3, -0.25) is 4.98 Å². The Bertz CT molecular complexity index is 511. The zero-order chi connectivity index (χ0) is 11.5. The molecule has 1 aliphatic carbocycles. The summed E-state index contributed by atoms with van der Waals surface area (Å²) in [7, 11) is 0. The standard InChI is InChI=1S/C15H16N2.ClH/c1-4-13-6-7-15(9-14(13)5-1)17-11-12-3-2-8-16-10-12;/h2-3,6-10,17H,1,4-5,11H2;1H. The highest BCUT2D eigenvalue weighted by molar-refractivity contribution is 5.85. The van der Waals surface area contributed by atoms with E-state index < -0.39 is 0 Å². The summed E-state index contributed by atoms with van der Waals surface area (Å²) in [6, 6.07) is 10.8. The van der Waals surface area contributed by atoms with Crippen LogP contribution in [0.5, 0.6) is 0 Å². The minimum atomic E-state index is 0. The average Bonchev–Trinajstić information content (AvgIpc) is 2.85. The van der Waals surface area contributed by atoms with Crippen molar-refractivity contribution in [3.63, 3.8) is 0 Å². The van der Waals surface area contributed by atoms with Gasteiger partial charge >= 0.3 is 0 Å². The molecule has 0 radical (unpaired) electrons. The summed E-state index contributed by atoms with van der Waals surface area (Å²) in [6.07, 6.45) is 7.50. The Kier molecular flexibility index (Phi) is 4.21.